The molecule has 6 heteroatoms. The van der Waals surface area contributed by atoms with Crippen molar-refractivity contribution in [1.29, 1.82) is 0 Å². The van der Waals surface area contributed by atoms with Crippen molar-refractivity contribution in [3.8, 4) is 11.6 Å². The Balaban J connectivity index is 0.00000147. The Kier molecular flexibility index (Phi) is 5.20. The fourth-order valence-corrected chi connectivity index (χ4v) is 2.65. The molecule has 1 saturated heterocycles. The van der Waals surface area contributed by atoms with Crippen LogP contribution in [0.5, 0.6) is 0 Å². The average molecular weight is 298 g/mol. The van der Waals surface area contributed by atoms with Gasteiger partial charge >= 0.3 is 0 Å². The minimum atomic E-state index is 0. The van der Waals surface area contributed by atoms with Gasteiger partial charge in [0, 0.05) is 6.42 Å². The van der Waals surface area contributed by atoms with Gasteiger partial charge < -0.3 is 14.3 Å². The van der Waals surface area contributed by atoms with Crippen LogP contribution in [0.4, 0.5) is 0 Å². The van der Waals surface area contributed by atoms with Crippen molar-refractivity contribution < 1.29 is 8.94 Å². The highest BCUT2D eigenvalue weighted by Gasteiger charge is 2.22. The summed E-state index contributed by atoms with van der Waals surface area (Å²) in [5.41, 5.74) is 0. The molecule has 2 aromatic rings. The lowest BCUT2D eigenvalue weighted by Gasteiger charge is -2.27. The smallest absolute Gasteiger partial charge is 0.238 e. The topological polar surface area (TPSA) is 64.1 Å². The SMILES string of the molecule is CC(Cc1nc(-c2ccco2)no1)C1CCCNC1.Cl. The van der Waals surface area contributed by atoms with Gasteiger partial charge in [0.25, 0.3) is 0 Å². The van der Waals surface area contributed by atoms with Crippen molar-refractivity contribution in [3.05, 3.63) is 24.3 Å². The zero-order valence-corrected chi connectivity index (χ0v) is 12.4. The van der Waals surface area contributed by atoms with Crippen LogP contribution in [0.1, 0.15) is 25.7 Å². The van der Waals surface area contributed by atoms with E-state index in [-0.39, 0.29) is 12.4 Å². The first-order chi connectivity index (χ1) is 9.33. The van der Waals surface area contributed by atoms with Crippen LogP contribution in [-0.4, -0.2) is 23.2 Å². The summed E-state index contributed by atoms with van der Waals surface area (Å²) in [6.07, 6.45) is 4.99. The summed E-state index contributed by atoms with van der Waals surface area (Å²) in [5, 5.41) is 7.41. The van der Waals surface area contributed by atoms with E-state index in [0.29, 0.717) is 29.3 Å². The Morgan fingerprint density at radius 3 is 3.10 bits per heavy atom. The highest BCUT2D eigenvalue weighted by Crippen LogP contribution is 2.24. The number of hydrogen-bond donors (Lipinski definition) is 1. The fraction of sp³-hybridized carbons (Fsp3) is 0.571. The maximum Gasteiger partial charge on any atom is 0.238 e. The molecule has 110 valence electrons. The Hall–Kier alpha value is -1.33. The van der Waals surface area contributed by atoms with Crippen LogP contribution in [0, 0.1) is 11.8 Å². The van der Waals surface area contributed by atoms with Gasteiger partial charge in [0.2, 0.25) is 11.7 Å². The minimum Gasteiger partial charge on any atom is -0.461 e. The molecule has 1 fully saturated rings. The molecule has 5 nitrogen and oxygen atoms in total. The Morgan fingerprint density at radius 2 is 2.40 bits per heavy atom. The van der Waals surface area contributed by atoms with E-state index in [1.165, 1.54) is 12.8 Å². The van der Waals surface area contributed by atoms with E-state index in [9.17, 15) is 0 Å². The van der Waals surface area contributed by atoms with Gasteiger partial charge in [-0.25, -0.2) is 0 Å². The number of piperidine rings is 1. The van der Waals surface area contributed by atoms with Gasteiger partial charge in [0.15, 0.2) is 5.76 Å². The Morgan fingerprint density at radius 1 is 1.50 bits per heavy atom. The van der Waals surface area contributed by atoms with Crippen LogP contribution in [0.15, 0.2) is 27.3 Å². The molecule has 0 spiro atoms. The zero-order chi connectivity index (χ0) is 13.1. The fourth-order valence-electron chi connectivity index (χ4n) is 2.65. The largest absolute Gasteiger partial charge is 0.461 e. The zero-order valence-electron chi connectivity index (χ0n) is 11.5. The van der Waals surface area contributed by atoms with Crippen LogP contribution in [0.3, 0.4) is 0 Å². The molecule has 0 radical (unpaired) electrons. The molecule has 0 aromatic carbocycles. The average Bonchev–Trinajstić information content (AvgIpc) is 3.10. The van der Waals surface area contributed by atoms with Crippen LogP contribution in [0.25, 0.3) is 11.6 Å². The van der Waals surface area contributed by atoms with Crippen molar-refractivity contribution in [2.24, 2.45) is 11.8 Å². The predicted octanol–water partition coefficient (Wildman–Crippen LogP) is 2.93. The second-order valence-corrected chi connectivity index (χ2v) is 5.28. The third-order valence-electron chi connectivity index (χ3n) is 3.85. The normalized spacial score (nSPS) is 20.4. The number of nitrogens with zero attached hydrogens (tertiary/aromatic N) is 2. The van der Waals surface area contributed by atoms with Gasteiger partial charge in [-0.2, -0.15) is 4.98 Å². The van der Waals surface area contributed by atoms with Crippen molar-refractivity contribution in [2.45, 2.75) is 26.2 Å². The lowest BCUT2D eigenvalue weighted by molar-refractivity contribution is 0.257. The van der Waals surface area contributed by atoms with E-state index in [2.05, 4.69) is 22.4 Å². The Bertz CT molecular complexity index is 506. The summed E-state index contributed by atoms with van der Waals surface area (Å²) < 4.78 is 10.6. The quantitative estimate of drug-likeness (QED) is 0.940. The van der Waals surface area contributed by atoms with E-state index < -0.39 is 0 Å². The number of hydrogen-bond acceptors (Lipinski definition) is 5. The summed E-state index contributed by atoms with van der Waals surface area (Å²) in [6.45, 7) is 4.50. The summed E-state index contributed by atoms with van der Waals surface area (Å²) >= 11 is 0. The molecule has 0 saturated carbocycles. The van der Waals surface area contributed by atoms with E-state index in [1.54, 1.807) is 6.26 Å². The van der Waals surface area contributed by atoms with Gasteiger partial charge in [0.05, 0.1) is 6.26 Å². The van der Waals surface area contributed by atoms with Gasteiger partial charge in [-0.05, 0) is 49.9 Å². The van der Waals surface area contributed by atoms with Gasteiger partial charge in [-0.1, -0.05) is 12.1 Å². The second-order valence-electron chi connectivity index (χ2n) is 5.28. The third-order valence-corrected chi connectivity index (χ3v) is 3.85. The molecule has 3 heterocycles. The van der Waals surface area contributed by atoms with Crippen molar-refractivity contribution in [3.63, 3.8) is 0 Å². The number of halogens is 1. The number of rotatable bonds is 4. The predicted molar refractivity (Wildman–Crippen MR) is 77.7 cm³/mol. The third kappa shape index (κ3) is 3.41. The van der Waals surface area contributed by atoms with Gasteiger partial charge in [-0.15, -0.1) is 12.4 Å². The number of aromatic nitrogens is 2. The van der Waals surface area contributed by atoms with Crippen LogP contribution >= 0.6 is 12.4 Å². The first-order valence-electron chi connectivity index (χ1n) is 6.90. The van der Waals surface area contributed by atoms with E-state index in [4.69, 9.17) is 8.94 Å². The van der Waals surface area contributed by atoms with Crippen molar-refractivity contribution >= 4 is 12.4 Å². The van der Waals surface area contributed by atoms with Crippen molar-refractivity contribution in [2.75, 3.05) is 13.1 Å². The van der Waals surface area contributed by atoms with Crippen molar-refractivity contribution in [1.82, 2.24) is 15.5 Å². The molecule has 20 heavy (non-hydrogen) atoms. The molecule has 2 unspecified atom stereocenters. The second kappa shape index (κ2) is 6.90. The molecule has 2 atom stereocenters. The van der Waals surface area contributed by atoms with Crippen LogP contribution < -0.4 is 5.32 Å². The molecule has 1 aliphatic heterocycles. The van der Waals surface area contributed by atoms with E-state index in [0.717, 1.165) is 19.5 Å². The highest BCUT2D eigenvalue weighted by atomic mass is 35.5. The minimum absolute atomic E-state index is 0. The molecular weight excluding hydrogens is 278 g/mol. The summed E-state index contributed by atoms with van der Waals surface area (Å²) in [5.74, 6) is 3.14. The lowest BCUT2D eigenvalue weighted by Crippen LogP contribution is -2.33. The molecule has 0 amide bonds. The summed E-state index contributed by atoms with van der Waals surface area (Å²) in [4.78, 5) is 4.40. The van der Waals surface area contributed by atoms with Crippen LogP contribution in [-0.2, 0) is 6.42 Å². The maximum atomic E-state index is 5.31. The van der Waals surface area contributed by atoms with Crippen LogP contribution in [0.2, 0.25) is 0 Å². The monoisotopic (exact) mass is 297 g/mol. The first kappa shape index (κ1) is 15.1. The molecule has 1 aliphatic rings. The van der Waals surface area contributed by atoms with Gasteiger partial charge in [-0.3, -0.25) is 0 Å². The molecule has 0 aliphatic carbocycles. The Labute approximate surface area is 124 Å². The molecule has 3 rings (SSSR count). The standard InChI is InChI=1S/C14H19N3O2.ClH/c1-10(11-4-2-6-15-9-11)8-13-16-14(17-19-13)12-5-3-7-18-12;/h3,5,7,10-11,15H,2,4,6,8-9H2,1H3;1H. The lowest BCUT2D eigenvalue weighted by atomic mass is 9.85. The summed E-state index contributed by atoms with van der Waals surface area (Å²) in [6, 6.07) is 3.66. The first-order valence-corrected chi connectivity index (χ1v) is 6.90. The highest BCUT2D eigenvalue weighted by molar-refractivity contribution is 5.85. The number of furan rings is 1. The molecule has 0 bridgehead atoms. The molecular formula is C14H20ClN3O2. The van der Waals surface area contributed by atoms with E-state index in [1.807, 2.05) is 12.1 Å². The molecule has 1 N–H and O–H groups in total. The maximum absolute atomic E-state index is 5.31. The van der Waals surface area contributed by atoms with E-state index >= 15 is 0 Å². The summed E-state index contributed by atoms with van der Waals surface area (Å²) in [7, 11) is 0. The number of nitrogens with one attached hydrogen (secondary N) is 1. The van der Waals surface area contributed by atoms with Gasteiger partial charge in [0.1, 0.15) is 0 Å². The molecule has 2 aromatic heterocycles.